The zero-order valence-electron chi connectivity index (χ0n) is 19.7. The van der Waals surface area contributed by atoms with Gasteiger partial charge < -0.3 is 18.6 Å². The Balaban J connectivity index is 1.36. The van der Waals surface area contributed by atoms with E-state index in [1.807, 2.05) is 42.8 Å². The van der Waals surface area contributed by atoms with Crippen LogP contribution >= 0.6 is 0 Å². The Morgan fingerprint density at radius 2 is 1.71 bits per heavy atom. The highest BCUT2D eigenvalue weighted by Crippen LogP contribution is 2.28. The van der Waals surface area contributed by atoms with Gasteiger partial charge in [-0.3, -0.25) is 20.4 Å². The van der Waals surface area contributed by atoms with Crippen molar-refractivity contribution >= 4 is 17.5 Å². The van der Waals surface area contributed by atoms with E-state index in [4.69, 9.17) is 14.2 Å². The van der Waals surface area contributed by atoms with Crippen LogP contribution in [0.15, 0.2) is 67.0 Å². The summed E-state index contributed by atoms with van der Waals surface area (Å²) in [6.45, 7) is 4.58. The molecule has 4 rings (SSSR count). The topological polar surface area (TPSA) is 103 Å². The predicted molar refractivity (Wildman–Crippen MR) is 130 cm³/mol. The highest BCUT2D eigenvalue weighted by atomic mass is 16.5. The number of carbonyl (C=O) groups excluding carboxylic acids is 2. The van der Waals surface area contributed by atoms with Gasteiger partial charge in [0.05, 0.1) is 19.4 Å². The molecule has 9 heteroatoms. The first-order valence-electron chi connectivity index (χ1n) is 11.1. The smallest absolute Gasteiger partial charge is 0.269 e. The number of pyridine rings is 1. The van der Waals surface area contributed by atoms with Crippen LogP contribution in [0.1, 0.15) is 38.9 Å². The summed E-state index contributed by atoms with van der Waals surface area (Å²) in [5, 5.41) is 0. The molecule has 0 aliphatic rings. The van der Waals surface area contributed by atoms with Crippen LogP contribution in [0.2, 0.25) is 0 Å². The zero-order chi connectivity index (χ0) is 24.8. The van der Waals surface area contributed by atoms with E-state index in [-0.39, 0.29) is 6.61 Å². The molecule has 0 radical (unpaired) electrons. The first kappa shape index (κ1) is 23.6. The molecule has 0 unspecified atom stereocenters. The molecule has 2 heterocycles. The number of carbonyl (C=O) groups is 2. The molecule has 180 valence electrons. The molecule has 4 aromatic rings. The highest BCUT2D eigenvalue weighted by Gasteiger charge is 2.13. The summed E-state index contributed by atoms with van der Waals surface area (Å²) in [5.74, 6) is 0.496. The Hall–Kier alpha value is -4.53. The predicted octanol–water partition coefficient (Wildman–Crippen LogP) is 3.70. The van der Waals surface area contributed by atoms with Crippen LogP contribution in [-0.4, -0.2) is 34.9 Å². The number of hydrogen-bond donors (Lipinski definition) is 2. The van der Waals surface area contributed by atoms with Gasteiger partial charge in [-0.25, -0.2) is 4.98 Å². The van der Waals surface area contributed by atoms with E-state index in [2.05, 4.69) is 15.8 Å². The van der Waals surface area contributed by atoms with E-state index in [1.54, 1.807) is 42.5 Å². The average molecular weight is 475 g/mol. The van der Waals surface area contributed by atoms with Crippen LogP contribution < -0.4 is 25.1 Å². The van der Waals surface area contributed by atoms with Crippen molar-refractivity contribution in [1.29, 1.82) is 0 Å². The van der Waals surface area contributed by atoms with Gasteiger partial charge in [-0.2, -0.15) is 0 Å². The van der Waals surface area contributed by atoms with Crippen molar-refractivity contribution in [2.24, 2.45) is 0 Å². The SMILES string of the molecule is CCOc1ccc(C(=O)NNC(=O)c2cccc(OCc3cn4cccc(C)c4n3)c2)cc1OC. The van der Waals surface area contributed by atoms with Gasteiger partial charge in [0.1, 0.15) is 18.0 Å². The lowest BCUT2D eigenvalue weighted by Crippen LogP contribution is -2.41. The minimum absolute atomic E-state index is 0.252. The number of benzene rings is 2. The second-order valence-electron chi connectivity index (χ2n) is 7.68. The number of amides is 2. The van der Waals surface area contributed by atoms with E-state index < -0.39 is 11.8 Å². The summed E-state index contributed by atoms with van der Waals surface area (Å²) in [6.07, 6.45) is 3.84. The molecule has 0 spiro atoms. The molecule has 2 N–H and O–H groups in total. The number of rotatable bonds is 8. The third-order valence-corrected chi connectivity index (χ3v) is 5.23. The fraction of sp³-hybridized carbons (Fsp3) is 0.192. The van der Waals surface area contributed by atoms with Gasteiger partial charge >= 0.3 is 0 Å². The Bertz CT molecular complexity index is 1370. The van der Waals surface area contributed by atoms with Crippen molar-refractivity contribution in [2.75, 3.05) is 13.7 Å². The van der Waals surface area contributed by atoms with Gasteiger partial charge in [0, 0.05) is 23.5 Å². The van der Waals surface area contributed by atoms with Crippen molar-refractivity contribution in [2.45, 2.75) is 20.5 Å². The number of hydrazine groups is 1. The van der Waals surface area contributed by atoms with Gasteiger partial charge in [-0.15, -0.1) is 0 Å². The molecule has 0 saturated heterocycles. The van der Waals surface area contributed by atoms with E-state index in [9.17, 15) is 9.59 Å². The van der Waals surface area contributed by atoms with Gasteiger partial charge in [0.15, 0.2) is 11.5 Å². The monoisotopic (exact) mass is 474 g/mol. The fourth-order valence-corrected chi connectivity index (χ4v) is 3.50. The van der Waals surface area contributed by atoms with Crippen LogP contribution in [0.25, 0.3) is 5.65 Å². The molecule has 0 atom stereocenters. The first-order valence-corrected chi connectivity index (χ1v) is 11.1. The molecule has 9 nitrogen and oxygen atoms in total. The summed E-state index contributed by atoms with van der Waals surface area (Å²) >= 11 is 0. The van der Waals surface area contributed by atoms with Gasteiger partial charge in [-0.1, -0.05) is 12.1 Å². The zero-order valence-corrected chi connectivity index (χ0v) is 19.7. The molecule has 2 amide bonds. The maximum atomic E-state index is 12.6. The molecule has 0 fully saturated rings. The van der Waals surface area contributed by atoms with Crippen molar-refractivity contribution in [3.05, 3.63) is 89.4 Å². The van der Waals surface area contributed by atoms with Crippen LogP contribution in [0.3, 0.4) is 0 Å². The summed E-state index contributed by atoms with van der Waals surface area (Å²) in [4.78, 5) is 29.7. The number of fused-ring (bicyclic) bond motifs is 1. The Labute approximate surface area is 202 Å². The minimum atomic E-state index is -0.491. The average Bonchev–Trinajstić information content (AvgIpc) is 3.31. The van der Waals surface area contributed by atoms with Crippen molar-refractivity contribution in [3.63, 3.8) is 0 Å². The summed E-state index contributed by atoms with van der Waals surface area (Å²) in [6, 6.07) is 15.4. The lowest BCUT2D eigenvalue weighted by Gasteiger charge is -2.12. The van der Waals surface area contributed by atoms with E-state index in [0.717, 1.165) is 16.9 Å². The van der Waals surface area contributed by atoms with Crippen molar-refractivity contribution < 1.29 is 23.8 Å². The molecule has 0 aliphatic carbocycles. The van der Waals surface area contributed by atoms with Crippen LogP contribution in [0, 0.1) is 6.92 Å². The van der Waals surface area contributed by atoms with Crippen LogP contribution in [0.4, 0.5) is 0 Å². The van der Waals surface area contributed by atoms with E-state index in [0.29, 0.717) is 35.0 Å². The van der Waals surface area contributed by atoms with Gasteiger partial charge in [0.2, 0.25) is 0 Å². The van der Waals surface area contributed by atoms with Crippen molar-refractivity contribution in [3.8, 4) is 17.2 Å². The number of ether oxygens (including phenoxy) is 3. The van der Waals surface area contributed by atoms with Crippen LogP contribution in [-0.2, 0) is 6.61 Å². The normalized spacial score (nSPS) is 10.6. The Morgan fingerprint density at radius 1 is 0.943 bits per heavy atom. The number of nitrogens with zero attached hydrogens (tertiary/aromatic N) is 2. The third-order valence-electron chi connectivity index (χ3n) is 5.23. The number of nitrogens with one attached hydrogen (secondary N) is 2. The molecule has 35 heavy (non-hydrogen) atoms. The first-order chi connectivity index (χ1) is 17.0. The number of imidazole rings is 1. The lowest BCUT2D eigenvalue weighted by atomic mass is 10.2. The number of aromatic nitrogens is 2. The Morgan fingerprint density at radius 3 is 2.43 bits per heavy atom. The number of aryl methyl sites for hydroxylation is 1. The van der Waals surface area contributed by atoms with Gasteiger partial charge in [-0.05, 0) is 61.9 Å². The fourth-order valence-electron chi connectivity index (χ4n) is 3.50. The second-order valence-corrected chi connectivity index (χ2v) is 7.68. The van der Waals surface area contributed by atoms with E-state index in [1.165, 1.54) is 7.11 Å². The number of methoxy groups -OCH3 is 1. The molecule has 0 aliphatic heterocycles. The maximum absolute atomic E-state index is 12.6. The Kier molecular flexibility index (Phi) is 7.15. The van der Waals surface area contributed by atoms with Crippen molar-refractivity contribution in [1.82, 2.24) is 20.2 Å². The van der Waals surface area contributed by atoms with Gasteiger partial charge in [0.25, 0.3) is 11.8 Å². The summed E-state index contributed by atoms with van der Waals surface area (Å²) < 4.78 is 18.5. The summed E-state index contributed by atoms with van der Waals surface area (Å²) in [7, 11) is 1.49. The second kappa shape index (κ2) is 10.6. The largest absolute Gasteiger partial charge is 0.493 e. The maximum Gasteiger partial charge on any atom is 0.269 e. The molecule has 2 aromatic heterocycles. The molecule has 0 saturated carbocycles. The molecular formula is C26H26N4O5. The minimum Gasteiger partial charge on any atom is -0.493 e. The molecular weight excluding hydrogens is 448 g/mol. The molecule has 0 bridgehead atoms. The standard InChI is InChI=1S/C26H26N4O5/c1-4-34-22-11-10-19(14-23(22)33-3)26(32)29-28-25(31)18-8-5-9-21(13-18)35-16-20-15-30-12-6-7-17(2)24(30)27-20/h5-15H,4,16H2,1-3H3,(H,28,31)(H,29,32). The van der Waals surface area contributed by atoms with E-state index >= 15 is 0 Å². The summed E-state index contributed by atoms with van der Waals surface area (Å²) in [5.41, 5.74) is 8.19. The molecule has 2 aromatic carbocycles. The third kappa shape index (κ3) is 5.52. The quantitative estimate of drug-likeness (QED) is 0.378. The number of hydrogen-bond acceptors (Lipinski definition) is 6. The highest BCUT2D eigenvalue weighted by molar-refractivity contribution is 5.99. The lowest BCUT2D eigenvalue weighted by molar-refractivity contribution is 0.0846. The van der Waals surface area contributed by atoms with Crippen LogP contribution in [0.5, 0.6) is 17.2 Å².